The van der Waals surface area contributed by atoms with Crippen molar-refractivity contribution in [1.29, 1.82) is 0 Å². The maximum atomic E-state index is 13.4. The molecule has 134 valence electrons. The van der Waals surface area contributed by atoms with Gasteiger partial charge in [-0.05, 0) is 31.0 Å². The molecule has 0 N–H and O–H groups in total. The van der Waals surface area contributed by atoms with E-state index in [1.54, 1.807) is 29.4 Å². The van der Waals surface area contributed by atoms with Crippen LogP contribution in [-0.4, -0.2) is 48.5 Å². The standard InChI is InChI=1S/C17H16F2N6O/c18-15(19)14-8-13(23-17-21-10-22-25(14)17)12-2-1-7-24(9-12)16(26)11-3-5-20-6-4-11/h3-6,8,10,12,15H,1-2,7,9H2/t12-/m0/s1. The zero-order valence-electron chi connectivity index (χ0n) is 13.8. The van der Waals surface area contributed by atoms with Gasteiger partial charge >= 0.3 is 0 Å². The van der Waals surface area contributed by atoms with E-state index in [0.717, 1.165) is 17.4 Å². The van der Waals surface area contributed by atoms with Crippen molar-refractivity contribution in [2.24, 2.45) is 0 Å². The number of pyridine rings is 1. The topological polar surface area (TPSA) is 76.3 Å². The molecule has 1 fully saturated rings. The second-order valence-corrected chi connectivity index (χ2v) is 6.20. The number of hydrogen-bond donors (Lipinski definition) is 0. The van der Waals surface area contributed by atoms with E-state index in [4.69, 9.17) is 0 Å². The van der Waals surface area contributed by atoms with Crippen LogP contribution in [0.3, 0.4) is 0 Å². The highest BCUT2D eigenvalue weighted by Gasteiger charge is 2.28. The summed E-state index contributed by atoms with van der Waals surface area (Å²) in [5.74, 6) is -0.0566. The van der Waals surface area contributed by atoms with Crippen LogP contribution in [-0.2, 0) is 0 Å². The Kier molecular flexibility index (Phi) is 4.27. The summed E-state index contributed by atoms with van der Waals surface area (Å²) in [7, 11) is 0. The minimum atomic E-state index is -2.68. The number of fused-ring (bicyclic) bond motifs is 1. The zero-order valence-corrected chi connectivity index (χ0v) is 13.8. The first-order chi connectivity index (χ1) is 12.6. The van der Waals surface area contributed by atoms with Crippen LogP contribution in [0.5, 0.6) is 0 Å². The van der Waals surface area contributed by atoms with Crippen LogP contribution in [0, 0.1) is 0 Å². The van der Waals surface area contributed by atoms with E-state index in [-0.39, 0.29) is 23.3 Å². The second-order valence-electron chi connectivity index (χ2n) is 6.20. The summed E-state index contributed by atoms with van der Waals surface area (Å²) in [5, 5.41) is 3.80. The molecule has 1 saturated heterocycles. The average molecular weight is 358 g/mol. The maximum absolute atomic E-state index is 13.4. The van der Waals surface area contributed by atoms with Crippen LogP contribution >= 0.6 is 0 Å². The van der Waals surface area contributed by atoms with Gasteiger partial charge in [0.1, 0.15) is 12.0 Å². The van der Waals surface area contributed by atoms with Gasteiger partial charge in [0.2, 0.25) is 0 Å². The van der Waals surface area contributed by atoms with Gasteiger partial charge in [-0.25, -0.2) is 13.8 Å². The molecule has 1 amide bonds. The molecule has 0 bridgehead atoms. The van der Waals surface area contributed by atoms with Crippen molar-refractivity contribution in [1.82, 2.24) is 29.5 Å². The fourth-order valence-corrected chi connectivity index (χ4v) is 3.30. The molecule has 1 aliphatic rings. The first-order valence-corrected chi connectivity index (χ1v) is 8.31. The minimum Gasteiger partial charge on any atom is -0.338 e. The van der Waals surface area contributed by atoms with E-state index in [2.05, 4.69) is 20.1 Å². The number of alkyl halides is 2. The van der Waals surface area contributed by atoms with E-state index in [1.807, 2.05) is 0 Å². The van der Waals surface area contributed by atoms with Crippen molar-refractivity contribution < 1.29 is 13.6 Å². The number of carbonyl (C=O) groups is 1. The van der Waals surface area contributed by atoms with E-state index < -0.39 is 6.43 Å². The van der Waals surface area contributed by atoms with E-state index in [9.17, 15) is 13.6 Å². The van der Waals surface area contributed by atoms with Crippen molar-refractivity contribution in [3.05, 3.63) is 53.9 Å². The lowest BCUT2D eigenvalue weighted by molar-refractivity contribution is 0.0705. The van der Waals surface area contributed by atoms with E-state index >= 15 is 0 Å². The smallest absolute Gasteiger partial charge is 0.280 e. The number of amides is 1. The summed E-state index contributed by atoms with van der Waals surface area (Å²) in [6, 6.07) is 4.71. The highest BCUT2D eigenvalue weighted by molar-refractivity contribution is 5.94. The van der Waals surface area contributed by atoms with Gasteiger partial charge in [-0.15, -0.1) is 0 Å². The number of aromatic nitrogens is 5. The van der Waals surface area contributed by atoms with E-state index in [0.29, 0.717) is 24.3 Å². The quantitative estimate of drug-likeness (QED) is 0.719. The Hall–Kier alpha value is -2.97. The summed E-state index contributed by atoms with van der Waals surface area (Å²) in [6.45, 7) is 1.06. The van der Waals surface area contributed by atoms with Crippen molar-refractivity contribution in [3.63, 3.8) is 0 Å². The molecule has 0 aliphatic carbocycles. The van der Waals surface area contributed by atoms with Gasteiger partial charge in [-0.2, -0.15) is 14.6 Å². The number of rotatable bonds is 3. The first-order valence-electron chi connectivity index (χ1n) is 8.31. The molecular weight excluding hydrogens is 342 g/mol. The van der Waals surface area contributed by atoms with Crippen LogP contribution in [0.4, 0.5) is 8.78 Å². The molecular formula is C17H16F2N6O. The van der Waals surface area contributed by atoms with Gasteiger partial charge in [0.25, 0.3) is 18.1 Å². The number of likely N-dealkylation sites (tertiary alicyclic amines) is 1. The Balaban J connectivity index is 1.62. The highest BCUT2D eigenvalue weighted by Crippen LogP contribution is 2.29. The number of piperidine rings is 1. The monoisotopic (exact) mass is 358 g/mol. The van der Waals surface area contributed by atoms with Crippen LogP contribution in [0.25, 0.3) is 5.78 Å². The summed E-state index contributed by atoms with van der Waals surface area (Å²) in [6.07, 6.45) is 3.23. The van der Waals surface area contributed by atoms with Crippen molar-refractivity contribution in [3.8, 4) is 0 Å². The van der Waals surface area contributed by atoms with Crippen LogP contribution in [0.15, 0.2) is 36.9 Å². The molecule has 0 spiro atoms. The third kappa shape index (κ3) is 3.00. The Morgan fingerprint density at radius 1 is 1.27 bits per heavy atom. The number of hydrogen-bond acceptors (Lipinski definition) is 5. The largest absolute Gasteiger partial charge is 0.338 e. The molecule has 0 unspecified atom stereocenters. The molecule has 7 nitrogen and oxygen atoms in total. The van der Waals surface area contributed by atoms with Gasteiger partial charge in [-0.3, -0.25) is 9.78 Å². The number of halogens is 2. The Morgan fingerprint density at radius 2 is 2.08 bits per heavy atom. The Morgan fingerprint density at radius 3 is 2.85 bits per heavy atom. The molecule has 3 aromatic rings. The fraction of sp³-hybridized carbons (Fsp3) is 0.353. The van der Waals surface area contributed by atoms with Gasteiger partial charge in [0.05, 0.1) is 5.69 Å². The molecule has 4 rings (SSSR count). The SMILES string of the molecule is O=C(c1ccncc1)N1CCC[C@H](c2cc(C(F)F)n3ncnc3n2)C1. The molecule has 0 saturated carbocycles. The third-order valence-corrected chi connectivity index (χ3v) is 4.58. The Bertz CT molecular complexity index is 929. The van der Waals surface area contributed by atoms with Crippen LogP contribution < -0.4 is 0 Å². The first kappa shape index (κ1) is 16.5. The maximum Gasteiger partial charge on any atom is 0.280 e. The predicted octanol–water partition coefficient (Wildman–Crippen LogP) is 2.48. The van der Waals surface area contributed by atoms with Crippen molar-refractivity contribution in [2.75, 3.05) is 13.1 Å². The van der Waals surface area contributed by atoms with Crippen LogP contribution in [0.1, 0.15) is 46.9 Å². The average Bonchev–Trinajstić information content (AvgIpc) is 3.16. The predicted molar refractivity (Wildman–Crippen MR) is 87.9 cm³/mol. The fourth-order valence-electron chi connectivity index (χ4n) is 3.30. The lowest BCUT2D eigenvalue weighted by atomic mass is 9.93. The summed E-state index contributed by atoms with van der Waals surface area (Å²) >= 11 is 0. The molecule has 3 aromatic heterocycles. The molecule has 0 aromatic carbocycles. The van der Waals surface area contributed by atoms with Crippen molar-refractivity contribution in [2.45, 2.75) is 25.2 Å². The summed E-state index contributed by atoms with van der Waals surface area (Å²) < 4.78 is 27.8. The van der Waals surface area contributed by atoms with Gasteiger partial charge in [-0.1, -0.05) is 0 Å². The summed E-state index contributed by atoms with van der Waals surface area (Å²) in [4.78, 5) is 26.6. The van der Waals surface area contributed by atoms with Gasteiger partial charge < -0.3 is 4.90 Å². The summed E-state index contributed by atoms with van der Waals surface area (Å²) in [5.41, 5.74) is 0.850. The molecule has 4 heterocycles. The van der Waals surface area contributed by atoms with Crippen LogP contribution in [0.2, 0.25) is 0 Å². The third-order valence-electron chi connectivity index (χ3n) is 4.58. The molecule has 1 aliphatic heterocycles. The molecule has 26 heavy (non-hydrogen) atoms. The van der Waals surface area contributed by atoms with E-state index in [1.165, 1.54) is 12.4 Å². The molecule has 0 radical (unpaired) electrons. The normalized spacial score (nSPS) is 17.8. The lowest BCUT2D eigenvalue weighted by Gasteiger charge is -2.32. The molecule has 1 atom stereocenters. The second kappa shape index (κ2) is 6.74. The highest BCUT2D eigenvalue weighted by atomic mass is 19.3. The number of nitrogens with zero attached hydrogens (tertiary/aromatic N) is 6. The minimum absolute atomic E-state index is 0.0882. The van der Waals surface area contributed by atoms with Gasteiger partial charge in [0.15, 0.2) is 0 Å². The van der Waals surface area contributed by atoms with Crippen molar-refractivity contribution >= 4 is 11.7 Å². The van der Waals surface area contributed by atoms with Gasteiger partial charge in [0, 0.05) is 37.0 Å². The zero-order chi connectivity index (χ0) is 18.1. The molecule has 9 heteroatoms. The lowest BCUT2D eigenvalue weighted by Crippen LogP contribution is -2.39. The number of carbonyl (C=O) groups excluding carboxylic acids is 1. The Labute approximate surface area is 147 Å².